The highest BCUT2D eigenvalue weighted by Gasteiger charge is 2.14. The molecule has 0 bridgehead atoms. The number of hydrogen-bond donors (Lipinski definition) is 2. The number of aliphatic hydroxyl groups is 1. The zero-order valence-corrected chi connectivity index (χ0v) is 14.3. The highest BCUT2D eigenvalue weighted by molar-refractivity contribution is 6.44. The summed E-state index contributed by atoms with van der Waals surface area (Å²) >= 11 is 12.5. The van der Waals surface area contributed by atoms with E-state index in [1.807, 2.05) is 24.3 Å². The summed E-state index contributed by atoms with van der Waals surface area (Å²) in [6.45, 7) is 3.83. The molecule has 0 spiro atoms. The second-order valence-corrected chi connectivity index (χ2v) is 5.91. The van der Waals surface area contributed by atoms with Gasteiger partial charge in [0.15, 0.2) is 0 Å². The molecule has 126 valence electrons. The van der Waals surface area contributed by atoms with Crippen molar-refractivity contribution < 1.29 is 14.6 Å². The first-order chi connectivity index (χ1) is 11.4. The fourth-order valence-corrected chi connectivity index (χ4v) is 2.81. The molecule has 1 atom stereocenters. The first-order valence-corrected chi connectivity index (χ1v) is 8.00. The molecule has 2 aromatic carbocycles. The topological polar surface area (TPSA) is 72.6 Å². The molecule has 4 nitrogen and oxygen atoms in total. The van der Waals surface area contributed by atoms with Gasteiger partial charge >= 0.3 is 6.09 Å². The van der Waals surface area contributed by atoms with E-state index in [1.54, 1.807) is 18.2 Å². The number of carbonyl (C=O) groups is 1. The lowest BCUT2D eigenvalue weighted by Crippen LogP contribution is -2.15. The van der Waals surface area contributed by atoms with Gasteiger partial charge in [-0.25, -0.2) is 4.79 Å². The van der Waals surface area contributed by atoms with Gasteiger partial charge in [0, 0.05) is 12.0 Å². The zero-order valence-electron chi connectivity index (χ0n) is 12.8. The zero-order chi connectivity index (χ0) is 17.7. The molecule has 0 aliphatic rings. The summed E-state index contributed by atoms with van der Waals surface area (Å²) in [5.74, 6) is 0. The molecule has 0 fully saturated rings. The summed E-state index contributed by atoms with van der Waals surface area (Å²) in [7, 11) is 0. The lowest BCUT2D eigenvalue weighted by Gasteiger charge is -2.15. The quantitative estimate of drug-likeness (QED) is 0.770. The van der Waals surface area contributed by atoms with Gasteiger partial charge in [-0.3, -0.25) is 0 Å². The number of amides is 1. The van der Waals surface area contributed by atoms with E-state index >= 15 is 0 Å². The van der Waals surface area contributed by atoms with Crippen molar-refractivity contribution in [1.29, 1.82) is 0 Å². The molecule has 0 aromatic heterocycles. The Bertz CT molecular complexity index is 762. The van der Waals surface area contributed by atoms with Crippen LogP contribution < -0.4 is 5.73 Å². The number of rotatable bonds is 6. The lowest BCUT2D eigenvalue weighted by molar-refractivity contribution is 0.111. The van der Waals surface area contributed by atoms with Crippen molar-refractivity contribution in [3.05, 3.63) is 64.1 Å². The average molecular weight is 366 g/mol. The van der Waals surface area contributed by atoms with Crippen molar-refractivity contribution >= 4 is 35.4 Å². The predicted octanol–water partition coefficient (Wildman–Crippen LogP) is 4.82. The van der Waals surface area contributed by atoms with Crippen LogP contribution in [0.15, 0.2) is 43.0 Å². The third-order valence-electron chi connectivity index (χ3n) is 3.54. The van der Waals surface area contributed by atoms with Gasteiger partial charge in [-0.2, -0.15) is 0 Å². The summed E-state index contributed by atoms with van der Waals surface area (Å²) in [6.07, 6.45) is 0.275. The molecule has 2 rings (SSSR count). The van der Waals surface area contributed by atoms with E-state index in [0.29, 0.717) is 15.6 Å². The van der Waals surface area contributed by atoms with Crippen LogP contribution in [-0.4, -0.2) is 17.8 Å². The van der Waals surface area contributed by atoms with Crippen LogP contribution in [0.4, 0.5) is 4.79 Å². The summed E-state index contributed by atoms with van der Waals surface area (Å²) in [4.78, 5) is 10.6. The molecule has 1 amide bonds. The molecule has 1 unspecified atom stereocenters. The van der Waals surface area contributed by atoms with Gasteiger partial charge < -0.3 is 15.6 Å². The van der Waals surface area contributed by atoms with Crippen molar-refractivity contribution in [1.82, 2.24) is 0 Å². The van der Waals surface area contributed by atoms with Gasteiger partial charge in [-0.05, 0) is 28.8 Å². The van der Waals surface area contributed by atoms with E-state index in [0.717, 1.165) is 16.7 Å². The second kappa shape index (κ2) is 8.20. The maximum absolute atomic E-state index is 10.6. The van der Waals surface area contributed by atoms with Crippen LogP contribution in [0.1, 0.15) is 23.7 Å². The first kappa shape index (κ1) is 18.3. The molecular weight excluding hydrogens is 349 g/mol. The average Bonchev–Trinajstić information content (AvgIpc) is 2.56. The van der Waals surface area contributed by atoms with E-state index in [9.17, 15) is 9.90 Å². The normalized spacial score (nSPS) is 11.8. The third kappa shape index (κ3) is 4.29. The summed E-state index contributed by atoms with van der Waals surface area (Å²) in [6, 6.07) is 10.8. The maximum atomic E-state index is 10.6. The standard InChI is InChI=1S/C18H17Cl2NO3/c1-2-11-6-7-14(19)17(20)16(11)13-5-3-4-12(10-13)15(22)8-9-24-18(21)23/h2-7,10,15,22H,1,8-9H2,(H2,21,23). The number of ether oxygens (including phenoxy) is 1. The molecule has 0 heterocycles. The van der Waals surface area contributed by atoms with Crippen LogP contribution >= 0.6 is 23.2 Å². The molecule has 0 radical (unpaired) electrons. The molecule has 0 saturated carbocycles. The summed E-state index contributed by atoms with van der Waals surface area (Å²) < 4.78 is 4.65. The van der Waals surface area contributed by atoms with Crippen molar-refractivity contribution in [2.45, 2.75) is 12.5 Å². The van der Waals surface area contributed by atoms with Gasteiger partial charge in [0.25, 0.3) is 0 Å². The Morgan fingerprint density at radius 1 is 1.33 bits per heavy atom. The van der Waals surface area contributed by atoms with Crippen LogP contribution in [0.2, 0.25) is 10.0 Å². The minimum atomic E-state index is -0.864. The minimum Gasteiger partial charge on any atom is -0.450 e. The van der Waals surface area contributed by atoms with Gasteiger partial charge in [-0.1, -0.05) is 60.1 Å². The number of hydrogen-bond acceptors (Lipinski definition) is 3. The summed E-state index contributed by atoms with van der Waals surface area (Å²) in [5.41, 5.74) is 7.98. The van der Waals surface area contributed by atoms with Crippen LogP contribution in [0.3, 0.4) is 0 Å². The third-order valence-corrected chi connectivity index (χ3v) is 4.35. The number of benzene rings is 2. The van der Waals surface area contributed by atoms with Gasteiger partial charge in [0.2, 0.25) is 0 Å². The number of carbonyl (C=O) groups excluding carboxylic acids is 1. The number of aliphatic hydroxyl groups excluding tert-OH is 1. The Morgan fingerprint density at radius 3 is 2.75 bits per heavy atom. The Balaban J connectivity index is 2.33. The van der Waals surface area contributed by atoms with Gasteiger partial charge in [0.05, 0.1) is 22.8 Å². The van der Waals surface area contributed by atoms with Crippen molar-refractivity contribution in [2.24, 2.45) is 5.73 Å². The largest absolute Gasteiger partial charge is 0.450 e. The molecule has 2 aromatic rings. The molecule has 3 N–H and O–H groups in total. The molecular formula is C18H17Cl2NO3. The molecule has 24 heavy (non-hydrogen) atoms. The first-order valence-electron chi connectivity index (χ1n) is 7.25. The van der Waals surface area contributed by atoms with Crippen LogP contribution in [0.5, 0.6) is 0 Å². The molecule has 0 aliphatic carbocycles. The second-order valence-electron chi connectivity index (χ2n) is 5.13. The number of nitrogens with two attached hydrogens (primary N) is 1. The molecule has 6 heteroatoms. The Morgan fingerprint density at radius 2 is 2.08 bits per heavy atom. The number of halogens is 2. The molecule has 0 saturated heterocycles. The van der Waals surface area contributed by atoms with Crippen molar-refractivity contribution in [3.8, 4) is 11.1 Å². The Labute approximate surface area is 150 Å². The SMILES string of the molecule is C=Cc1ccc(Cl)c(Cl)c1-c1cccc(C(O)CCOC(N)=O)c1. The van der Waals surface area contributed by atoms with E-state index in [1.165, 1.54) is 0 Å². The van der Waals surface area contributed by atoms with Crippen LogP contribution in [0, 0.1) is 0 Å². The van der Waals surface area contributed by atoms with E-state index in [4.69, 9.17) is 28.9 Å². The van der Waals surface area contributed by atoms with E-state index in [-0.39, 0.29) is 13.0 Å². The van der Waals surface area contributed by atoms with E-state index in [2.05, 4.69) is 11.3 Å². The van der Waals surface area contributed by atoms with E-state index < -0.39 is 12.2 Å². The maximum Gasteiger partial charge on any atom is 0.404 e. The van der Waals surface area contributed by atoms with Crippen LogP contribution in [-0.2, 0) is 4.74 Å². The number of primary amides is 1. The fourth-order valence-electron chi connectivity index (χ4n) is 2.37. The Kier molecular flexibility index (Phi) is 6.26. The highest BCUT2D eigenvalue weighted by atomic mass is 35.5. The minimum absolute atomic E-state index is 0.0383. The smallest absolute Gasteiger partial charge is 0.404 e. The molecule has 0 aliphatic heterocycles. The highest BCUT2D eigenvalue weighted by Crippen LogP contribution is 2.38. The van der Waals surface area contributed by atoms with Crippen molar-refractivity contribution in [3.63, 3.8) is 0 Å². The fraction of sp³-hybridized carbons (Fsp3) is 0.167. The van der Waals surface area contributed by atoms with Gasteiger partial charge in [-0.15, -0.1) is 0 Å². The monoisotopic (exact) mass is 365 g/mol. The lowest BCUT2D eigenvalue weighted by atomic mass is 9.96. The van der Waals surface area contributed by atoms with Gasteiger partial charge in [0.1, 0.15) is 0 Å². The van der Waals surface area contributed by atoms with Crippen LogP contribution in [0.25, 0.3) is 17.2 Å². The predicted molar refractivity (Wildman–Crippen MR) is 97.1 cm³/mol. The van der Waals surface area contributed by atoms with Crippen molar-refractivity contribution in [2.75, 3.05) is 6.61 Å². The Hall–Kier alpha value is -2.01. The summed E-state index contributed by atoms with van der Waals surface area (Å²) in [5, 5.41) is 11.1.